The monoisotopic (exact) mass is 341 g/mol. The smallest absolute Gasteiger partial charge is 0.294 e. The summed E-state index contributed by atoms with van der Waals surface area (Å²) in [6, 6.07) is 6.33. The van der Waals surface area contributed by atoms with Crippen molar-refractivity contribution in [2.45, 2.75) is 31.1 Å². The minimum absolute atomic E-state index is 0. The molecule has 0 fully saturated rings. The van der Waals surface area contributed by atoms with Crippen LogP contribution in [0.1, 0.15) is 25.3 Å². The number of hydrogen-bond acceptors (Lipinski definition) is 5. The molecule has 0 aliphatic rings. The van der Waals surface area contributed by atoms with E-state index in [2.05, 4.69) is 6.92 Å². The van der Waals surface area contributed by atoms with E-state index in [0.29, 0.717) is 11.5 Å². The van der Waals surface area contributed by atoms with E-state index in [1.165, 1.54) is 12.1 Å². The van der Waals surface area contributed by atoms with Crippen LogP contribution in [-0.4, -0.2) is 27.2 Å². The van der Waals surface area contributed by atoms with Crippen LogP contribution in [0.3, 0.4) is 0 Å². The molecule has 7 heteroatoms. The van der Waals surface area contributed by atoms with Crippen LogP contribution in [0.4, 0.5) is 0 Å². The third-order valence-corrected chi connectivity index (χ3v) is 4.49. The first-order chi connectivity index (χ1) is 10.4. The van der Waals surface area contributed by atoms with E-state index in [1.54, 1.807) is 26.4 Å². The van der Waals surface area contributed by atoms with Crippen molar-refractivity contribution in [3.05, 3.63) is 29.8 Å². The molecule has 4 N–H and O–H groups in total. The van der Waals surface area contributed by atoms with Gasteiger partial charge in [-0.1, -0.05) is 19.4 Å². The molecule has 0 aliphatic carbocycles. The Bertz CT molecular complexity index is 787. The Kier molecular flexibility index (Phi) is 6.37. The topological polar surface area (TPSA) is 108 Å². The summed E-state index contributed by atoms with van der Waals surface area (Å²) in [5.74, 6) is 1.22. The molecule has 0 unspecified atom stereocenters. The summed E-state index contributed by atoms with van der Waals surface area (Å²) >= 11 is 0. The highest BCUT2D eigenvalue weighted by atomic mass is 32.2. The fourth-order valence-electron chi connectivity index (χ4n) is 2.54. The molecule has 0 bridgehead atoms. The van der Waals surface area contributed by atoms with Crippen LogP contribution >= 0.6 is 0 Å². The van der Waals surface area contributed by atoms with Gasteiger partial charge in [0.25, 0.3) is 10.1 Å². The van der Waals surface area contributed by atoms with Gasteiger partial charge in [-0.15, -0.1) is 0 Å². The molecule has 2 aromatic rings. The molecule has 0 aromatic heterocycles. The summed E-state index contributed by atoms with van der Waals surface area (Å²) in [6.45, 7) is 2.08. The Labute approximate surface area is 136 Å². The quantitative estimate of drug-likeness (QED) is 0.777. The SMILES string of the molecule is CCCCc1c(OC)c(OC)cc2ccc(S(=O)(=O)O)cc12.N. The van der Waals surface area contributed by atoms with Gasteiger partial charge in [-0.2, -0.15) is 8.42 Å². The van der Waals surface area contributed by atoms with Crippen molar-refractivity contribution < 1.29 is 22.4 Å². The zero-order valence-corrected chi connectivity index (χ0v) is 14.4. The summed E-state index contributed by atoms with van der Waals surface area (Å²) in [4.78, 5) is -0.120. The third-order valence-electron chi connectivity index (χ3n) is 3.64. The molecular weight excluding hydrogens is 318 g/mol. The number of ether oxygens (including phenoxy) is 2. The molecule has 128 valence electrons. The molecule has 0 amide bonds. The lowest BCUT2D eigenvalue weighted by molar-refractivity contribution is 0.352. The molecule has 23 heavy (non-hydrogen) atoms. The van der Waals surface area contributed by atoms with E-state index in [4.69, 9.17) is 9.47 Å². The van der Waals surface area contributed by atoms with E-state index in [1.807, 2.05) is 0 Å². The molecule has 0 saturated carbocycles. The Morgan fingerprint density at radius 3 is 2.35 bits per heavy atom. The lowest BCUT2D eigenvalue weighted by atomic mass is 9.98. The Hall–Kier alpha value is -1.83. The van der Waals surface area contributed by atoms with Gasteiger partial charge in [0.05, 0.1) is 19.1 Å². The minimum atomic E-state index is -4.24. The third kappa shape index (κ3) is 3.93. The molecule has 2 rings (SSSR count). The second-order valence-corrected chi connectivity index (χ2v) is 6.47. The number of hydrogen-bond donors (Lipinski definition) is 2. The van der Waals surface area contributed by atoms with Crippen LogP contribution in [0.2, 0.25) is 0 Å². The van der Waals surface area contributed by atoms with E-state index in [0.717, 1.165) is 35.6 Å². The molecule has 2 aromatic carbocycles. The number of unbranched alkanes of at least 4 members (excludes halogenated alkanes) is 1. The predicted molar refractivity (Wildman–Crippen MR) is 90.5 cm³/mol. The van der Waals surface area contributed by atoms with Gasteiger partial charge in [0.1, 0.15) is 0 Å². The van der Waals surface area contributed by atoms with Crippen molar-refractivity contribution in [2.75, 3.05) is 14.2 Å². The standard InChI is InChI=1S/C16H20O5S.H3N/c1-4-5-6-13-14-10-12(22(17,18)19)8-7-11(14)9-15(20-2)16(13)21-3;/h7-10H,4-6H2,1-3H3,(H,17,18,19);1H3. The second kappa shape index (κ2) is 7.63. The number of fused-ring (bicyclic) bond motifs is 1. The van der Waals surface area contributed by atoms with Gasteiger partial charge < -0.3 is 15.6 Å². The van der Waals surface area contributed by atoms with Gasteiger partial charge in [0, 0.05) is 5.56 Å². The molecule has 0 heterocycles. The Morgan fingerprint density at radius 2 is 1.83 bits per heavy atom. The van der Waals surface area contributed by atoms with Gasteiger partial charge >= 0.3 is 0 Å². The Morgan fingerprint density at radius 1 is 1.13 bits per heavy atom. The number of rotatable bonds is 6. The first kappa shape index (κ1) is 19.2. The molecular formula is C16H23NO5S. The second-order valence-electron chi connectivity index (χ2n) is 5.05. The molecule has 0 atom stereocenters. The van der Waals surface area contributed by atoms with E-state index in [9.17, 15) is 13.0 Å². The molecule has 6 nitrogen and oxygen atoms in total. The zero-order chi connectivity index (χ0) is 16.3. The summed E-state index contributed by atoms with van der Waals surface area (Å²) in [7, 11) is -1.11. The van der Waals surface area contributed by atoms with Crippen molar-refractivity contribution in [2.24, 2.45) is 0 Å². The van der Waals surface area contributed by atoms with Crippen molar-refractivity contribution in [1.29, 1.82) is 0 Å². The van der Waals surface area contributed by atoms with Crippen LogP contribution in [0, 0.1) is 0 Å². The minimum Gasteiger partial charge on any atom is -0.493 e. The highest BCUT2D eigenvalue weighted by molar-refractivity contribution is 7.85. The molecule has 0 spiro atoms. The number of benzene rings is 2. The van der Waals surface area contributed by atoms with Gasteiger partial charge in [0.15, 0.2) is 11.5 Å². The largest absolute Gasteiger partial charge is 0.493 e. The van der Waals surface area contributed by atoms with Crippen molar-refractivity contribution >= 4 is 20.9 Å². The number of methoxy groups -OCH3 is 2. The van der Waals surface area contributed by atoms with Crippen LogP contribution in [0.5, 0.6) is 11.5 Å². The highest BCUT2D eigenvalue weighted by Gasteiger charge is 2.17. The van der Waals surface area contributed by atoms with Crippen molar-refractivity contribution in [3.63, 3.8) is 0 Å². The predicted octanol–water partition coefficient (Wildman–Crippen LogP) is 3.61. The van der Waals surface area contributed by atoms with E-state index < -0.39 is 10.1 Å². The average molecular weight is 341 g/mol. The fraction of sp³-hybridized carbons (Fsp3) is 0.375. The molecule has 0 radical (unpaired) electrons. The fourth-order valence-corrected chi connectivity index (χ4v) is 3.04. The Balaban J connectivity index is 0.00000264. The van der Waals surface area contributed by atoms with Crippen molar-refractivity contribution in [3.8, 4) is 11.5 Å². The highest BCUT2D eigenvalue weighted by Crippen LogP contribution is 2.39. The first-order valence-electron chi connectivity index (χ1n) is 7.07. The van der Waals surface area contributed by atoms with Crippen LogP contribution in [0.25, 0.3) is 10.8 Å². The summed E-state index contributed by atoms with van der Waals surface area (Å²) in [5.41, 5.74) is 0.893. The zero-order valence-electron chi connectivity index (χ0n) is 13.6. The van der Waals surface area contributed by atoms with Gasteiger partial charge in [-0.25, -0.2) is 0 Å². The van der Waals surface area contributed by atoms with E-state index in [-0.39, 0.29) is 11.0 Å². The summed E-state index contributed by atoms with van der Waals surface area (Å²) < 4.78 is 42.8. The number of aryl methyl sites for hydroxylation is 1. The average Bonchev–Trinajstić information content (AvgIpc) is 2.49. The van der Waals surface area contributed by atoms with Gasteiger partial charge in [-0.05, 0) is 41.8 Å². The summed E-state index contributed by atoms with van der Waals surface area (Å²) in [5, 5.41) is 1.59. The first-order valence-corrected chi connectivity index (χ1v) is 8.51. The molecule has 0 saturated heterocycles. The van der Waals surface area contributed by atoms with Gasteiger partial charge in [-0.3, -0.25) is 4.55 Å². The molecule has 0 aliphatic heterocycles. The van der Waals surface area contributed by atoms with Crippen LogP contribution in [0.15, 0.2) is 29.2 Å². The van der Waals surface area contributed by atoms with Crippen LogP contribution in [-0.2, 0) is 16.5 Å². The maximum atomic E-state index is 11.4. The van der Waals surface area contributed by atoms with E-state index >= 15 is 0 Å². The normalized spacial score (nSPS) is 11.1. The van der Waals surface area contributed by atoms with Gasteiger partial charge in [0.2, 0.25) is 0 Å². The summed E-state index contributed by atoms with van der Waals surface area (Å²) in [6.07, 6.45) is 2.68. The maximum absolute atomic E-state index is 11.4. The maximum Gasteiger partial charge on any atom is 0.294 e. The van der Waals surface area contributed by atoms with Crippen LogP contribution < -0.4 is 15.6 Å². The van der Waals surface area contributed by atoms with Crippen molar-refractivity contribution in [1.82, 2.24) is 6.15 Å². The lowest BCUT2D eigenvalue weighted by Crippen LogP contribution is -2.01. The lowest BCUT2D eigenvalue weighted by Gasteiger charge is -2.16.